The van der Waals surface area contributed by atoms with Crippen LogP contribution in [0.3, 0.4) is 0 Å². The third-order valence-electron chi connectivity index (χ3n) is 2.92. The van der Waals surface area contributed by atoms with Crippen molar-refractivity contribution in [2.45, 2.75) is 6.92 Å². The lowest BCUT2D eigenvalue weighted by atomic mass is 10.1. The monoisotopic (exact) mass is 270 g/mol. The first-order valence-corrected chi connectivity index (χ1v) is 6.04. The summed E-state index contributed by atoms with van der Waals surface area (Å²) in [5.74, 6) is 0.679. The Morgan fingerprint density at radius 1 is 1.00 bits per heavy atom. The lowest BCUT2D eigenvalue weighted by Gasteiger charge is -2.15. The summed E-state index contributed by atoms with van der Waals surface area (Å²) in [6.07, 6.45) is 0. The SMILES string of the molecule is COc1ccc(N(N=O)c2ccc(C(C)=O)cc2)cc1. The van der Waals surface area contributed by atoms with Gasteiger partial charge in [-0.2, -0.15) is 5.01 Å². The Hall–Kier alpha value is -2.69. The Labute approximate surface area is 116 Å². The molecule has 0 bridgehead atoms. The van der Waals surface area contributed by atoms with Crippen LogP contribution < -0.4 is 9.75 Å². The number of rotatable bonds is 5. The molecule has 2 aromatic carbocycles. The van der Waals surface area contributed by atoms with Gasteiger partial charge in [-0.3, -0.25) is 4.79 Å². The number of nitroso groups, excluding NO2 is 1. The van der Waals surface area contributed by atoms with Crippen LogP contribution in [0.2, 0.25) is 0 Å². The maximum Gasteiger partial charge on any atom is 0.159 e. The number of hydrogen-bond acceptors (Lipinski definition) is 4. The predicted octanol–water partition coefficient (Wildman–Crippen LogP) is 3.72. The number of nitrogens with zero attached hydrogens (tertiary/aromatic N) is 2. The molecule has 0 aliphatic heterocycles. The van der Waals surface area contributed by atoms with Crippen LogP contribution in [-0.4, -0.2) is 12.9 Å². The number of hydrogen-bond donors (Lipinski definition) is 0. The van der Waals surface area contributed by atoms with Crippen molar-refractivity contribution in [3.8, 4) is 5.75 Å². The van der Waals surface area contributed by atoms with Crippen LogP contribution in [0, 0.1) is 4.91 Å². The maximum absolute atomic E-state index is 11.2. The second-order valence-electron chi connectivity index (χ2n) is 4.19. The zero-order chi connectivity index (χ0) is 14.5. The molecule has 0 N–H and O–H groups in total. The minimum Gasteiger partial charge on any atom is -0.497 e. The Balaban J connectivity index is 2.31. The zero-order valence-corrected chi connectivity index (χ0v) is 11.2. The summed E-state index contributed by atoms with van der Waals surface area (Å²) in [5, 5.41) is 4.27. The number of ether oxygens (including phenoxy) is 1. The molecule has 0 atom stereocenters. The van der Waals surface area contributed by atoms with Gasteiger partial charge in [-0.05, 0) is 55.5 Å². The summed E-state index contributed by atoms with van der Waals surface area (Å²) in [7, 11) is 1.57. The largest absolute Gasteiger partial charge is 0.497 e. The fourth-order valence-electron chi connectivity index (χ4n) is 1.80. The number of ketones is 1. The van der Waals surface area contributed by atoms with Gasteiger partial charge in [0, 0.05) is 5.56 Å². The second kappa shape index (κ2) is 5.97. The van der Waals surface area contributed by atoms with Gasteiger partial charge in [0.15, 0.2) is 5.78 Å². The molecule has 0 unspecified atom stereocenters. The summed E-state index contributed by atoms with van der Waals surface area (Å²) in [5.41, 5.74) is 1.81. The van der Waals surface area contributed by atoms with Crippen molar-refractivity contribution >= 4 is 17.2 Å². The van der Waals surface area contributed by atoms with Gasteiger partial charge in [0.1, 0.15) is 5.75 Å². The van der Waals surface area contributed by atoms with E-state index in [2.05, 4.69) is 5.29 Å². The molecule has 5 heteroatoms. The Morgan fingerprint density at radius 3 is 1.90 bits per heavy atom. The van der Waals surface area contributed by atoms with Gasteiger partial charge < -0.3 is 4.74 Å². The number of carbonyl (C=O) groups is 1. The first kappa shape index (κ1) is 13.7. The van der Waals surface area contributed by atoms with Crippen molar-refractivity contribution in [1.29, 1.82) is 0 Å². The Morgan fingerprint density at radius 2 is 1.50 bits per heavy atom. The highest BCUT2D eigenvalue weighted by Gasteiger charge is 2.10. The highest BCUT2D eigenvalue weighted by atomic mass is 16.5. The Bertz CT molecular complexity index is 606. The van der Waals surface area contributed by atoms with Crippen molar-refractivity contribution in [2.24, 2.45) is 5.29 Å². The lowest BCUT2D eigenvalue weighted by molar-refractivity contribution is 0.101. The lowest BCUT2D eigenvalue weighted by Crippen LogP contribution is -2.07. The van der Waals surface area contributed by atoms with Crippen molar-refractivity contribution in [2.75, 3.05) is 12.1 Å². The molecule has 0 spiro atoms. The first-order valence-electron chi connectivity index (χ1n) is 6.04. The number of carbonyl (C=O) groups excluding carboxylic acids is 1. The van der Waals surface area contributed by atoms with Crippen LogP contribution in [0.15, 0.2) is 53.8 Å². The van der Waals surface area contributed by atoms with E-state index in [1.54, 1.807) is 55.6 Å². The van der Waals surface area contributed by atoms with Gasteiger partial charge in [-0.15, -0.1) is 4.91 Å². The summed E-state index contributed by atoms with van der Waals surface area (Å²) in [6, 6.07) is 13.7. The Kier molecular flexibility index (Phi) is 4.10. The molecule has 20 heavy (non-hydrogen) atoms. The molecule has 0 fully saturated rings. The standard InChI is InChI=1S/C15H14N2O3/c1-11(18)12-3-5-13(6-4-12)17(16-19)14-7-9-15(20-2)10-8-14/h3-10H,1-2H3. The first-order chi connectivity index (χ1) is 9.65. The molecular weight excluding hydrogens is 256 g/mol. The molecule has 2 aromatic rings. The van der Waals surface area contributed by atoms with Crippen molar-refractivity contribution in [3.63, 3.8) is 0 Å². The van der Waals surface area contributed by atoms with Crippen molar-refractivity contribution in [1.82, 2.24) is 0 Å². The highest BCUT2D eigenvalue weighted by Crippen LogP contribution is 2.27. The molecule has 2 rings (SSSR count). The fourth-order valence-corrected chi connectivity index (χ4v) is 1.80. The summed E-state index contributed by atoms with van der Waals surface area (Å²) in [4.78, 5) is 22.3. The predicted molar refractivity (Wildman–Crippen MR) is 77.4 cm³/mol. The van der Waals surface area contributed by atoms with Gasteiger partial charge in [-0.25, -0.2) is 0 Å². The average molecular weight is 270 g/mol. The molecule has 0 aliphatic carbocycles. The van der Waals surface area contributed by atoms with Gasteiger partial charge in [-0.1, -0.05) is 0 Å². The molecular formula is C15H14N2O3. The minimum absolute atomic E-state index is 0.0217. The third kappa shape index (κ3) is 2.83. The summed E-state index contributed by atoms with van der Waals surface area (Å²) in [6.45, 7) is 1.49. The number of Topliss-reactive ketones (excluding diaryl/α,β-unsaturated/α-hetero) is 1. The molecule has 0 heterocycles. The molecule has 5 nitrogen and oxygen atoms in total. The van der Waals surface area contributed by atoms with E-state index in [1.165, 1.54) is 11.9 Å². The zero-order valence-electron chi connectivity index (χ0n) is 11.2. The topological polar surface area (TPSA) is 59.0 Å². The normalized spacial score (nSPS) is 9.90. The summed E-state index contributed by atoms with van der Waals surface area (Å²) < 4.78 is 5.07. The smallest absolute Gasteiger partial charge is 0.159 e. The minimum atomic E-state index is -0.0217. The van der Waals surface area contributed by atoms with E-state index in [0.29, 0.717) is 22.7 Å². The molecule has 102 valence electrons. The molecule has 0 saturated carbocycles. The van der Waals surface area contributed by atoms with Crippen LogP contribution >= 0.6 is 0 Å². The van der Waals surface area contributed by atoms with Crippen LogP contribution in [-0.2, 0) is 0 Å². The van der Waals surface area contributed by atoms with E-state index < -0.39 is 0 Å². The van der Waals surface area contributed by atoms with E-state index >= 15 is 0 Å². The van der Waals surface area contributed by atoms with Gasteiger partial charge in [0.25, 0.3) is 0 Å². The molecule has 0 radical (unpaired) electrons. The van der Waals surface area contributed by atoms with E-state index in [4.69, 9.17) is 4.74 Å². The van der Waals surface area contributed by atoms with Crippen LogP contribution in [0.5, 0.6) is 5.75 Å². The average Bonchev–Trinajstić information content (AvgIpc) is 2.49. The van der Waals surface area contributed by atoms with Gasteiger partial charge in [0.2, 0.25) is 0 Å². The number of benzene rings is 2. The van der Waals surface area contributed by atoms with E-state index in [0.717, 1.165) is 0 Å². The van der Waals surface area contributed by atoms with E-state index in [-0.39, 0.29) is 5.78 Å². The molecule has 0 amide bonds. The third-order valence-corrected chi connectivity index (χ3v) is 2.92. The van der Waals surface area contributed by atoms with E-state index in [9.17, 15) is 9.70 Å². The van der Waals surface area contributed by atoms with E-state index in [1.807, 2.05) is 0 Å². The van der Waals surface area contributed by atoms with Crippen LogP contribution in [0.1, 0.15) is 17.3 Å². The van der Waals surface area contributed by atoms with Crippen LogP contribution in [0.4, 0.5) is 11.4 Å². The molecule has 0 aromatic heterocycles. The molecule has 0 saturated heterocycles. The summed E-state index contributed by atoms with van der Waals surface area (Å²) >= 11 is 0. The number of anilines is 2. The number of methoxy groups -OCH3 is 1. The maximum atomic E-state index is 11.2. The van der Waals surface area contributed by atoms with Crippen LogP contribution in [0.25, 0.3) is 0 Å². The molecule has 0 aliphatic rings. The second-order valence-corrected chi connectivity index (χ2v) is 4.19. The highest BCUT2D eigenvalue weighted by molar-refractivity contribution is 5.94. The van der Waals surface area contributed by atoms with Gasteiger partial charge in [0.05, 0.1) is 23.8 Å². The van der Waals surface area contributed by atoms with Gasteiger partial charge >= 0.3 is 0 Å². The van der Waals surface area contributed by atoms with Crippen molar-refractivity contribution in [3.05, 3.63) is 59.0 Å². The van der Waals surface area contributed by atoms with Crippen molar-refractivity contribution < 1.29 is 9.53 Å². The quantitative estimate of drug-likeness (QED) is 0.472. The fraction of sp³-hybridized carbons (Fsp3) is 0.133.